The molecule has 0 heterocycles. The molecular weight excluding hydrogens is 152 g/mol. The summed E-state index contributed by atoms with van der Waals surface area (Å²) in [5.41, 5.74) is 0. The van der Waals surface area contributed by atoms with Crippen LogP contribution in [0.5, 0.6) is 0 Å². The summed E-state index contributed by atoms with van der Waals surface area (Å²) in [7, 11) is -1.43. The summed E-state index contributed by atoms with van der Waals surface area (Å²) in [5, 5.41) is 0. The second kappa shape index (κ2) is 4.31. The van der Waals surface area contributed by atoms with E-state index in [9.17, 15) is 0 Å². The third-order valence-electron chi connectivity index (χ3n) is 1.34. The van der Waals surface area contributed by atoms with Crippen LogP contribution in [0.15, 0.2) is 0 Å². The number of halogens is 1. The van der Waals surface area contributed by atoms with Crippen molar-refractivity contribution in [1.29, 1.82) is 0 Å². The summed E-state index contributed by atoms with van der Waals surface area (Å²) in [4.78, 5) is 0. The predicted octanol–water partition coefficient (Wildman–Crippen LogP) is 3.16. The minimum atomic E-state index is -1.43. The summed E-state index contributed by atoms with van der Waals surface area (Å²) in [5.74, 6) is 0. The highest BCUT2D eigenvalue weighted by Gasteiger charge is 2.20. The monoisotopic (exact) mass is 166 g/mol. The minimum Gasteiger partial charge on any atom is -0.325 e. The minimum absolute atomic E-state index is 1.17. The maximum Gasteiger partial charge on any atom is 0.214 e. The van der Waals surface area contributed by atoms with Crippen LogP contribution in [0.4, 0.5) is 0 Å². The van der Waals surface area contributed by atoms with Crippen LogP contribution in [-0.2, 0) is 3.98 Å². The quantitative estimate of drug-likeness (QED) is 0.583. The molecule has 0 saturated carbocycles. The van der Waals surface area contributed by atoms with E-state index in [0.717, 1.165) is 0 Å². The lowest BCUT2D eigenvalue weighted by Gasteiger charge is -2.15. The SMILES string of the molecule is CCCC[Si](C)(C)OCl. The molecule has 0 fully saturated rings. The highest BCUT2D eigenvalue weighted by Crippen LogP contribution is 2.15. The van der Waals surface area contributed by atoms with Crippen LogP contribution in [-0.4, -0.2) is 8.32 Å². The van der Waals surface area contributed by atoms with Crippen molar-refractivity contribution >= 4 is 20.2 Å². The molecule has 0 aromatic heterocycles. The molecule has 0 aromatic carbocycles. The molecule has 0 aliphatic heterocycles. The maximum atomic E-state index is 5.29. The Hall–Kier alpha value is 0.467. The van der Waals surface area contributed by atoms with Gasteiger partial charge in [-0.25, -0.2) is 0 Å². The van der Waals surface area contributed by atoms with E-state index in [2.05, 4.69) is 20.0 Å². The van der Waals surface area contributed by atoms with Crippen LogP contribution in [0.1, 0.15) is 19.8 Å². The number of rotatable bonds is 4. The first-order valence-corrected chi connectivity index (χ1v) is 6.84. The number of hydrogen-bond acceptors (Lipinski definition) is 1. The molecule has 0 bridgehead atoms. The zero-order chi connectivity index (χ0) is 7.33. The molecule has 0 spiro atoms. The van der Waals surface area contributed by atoms with Gasteiger partial charge in [-0.2, -0.15) is 0 Å². The molecule has 0 N–H and O–H groups in total. The molecule has 3 heteroatoms. The van der Waals surface area contributed by atoms with Gasteiger partial charge in [-0.1, -0.05) is 19.8 Å². The topological polar surface area (TPSA) is 9.23 Å². The van der Waals surface area contributed by atoms with E-state index in [1.54, 1.807) is 0 Å². The largest absolute Gasteiger partial charge is 0.325 e. The van der Waals surface area contributed by atoms with Gasteiger partial charge in [-0.05, 0) is 19.1 Å². The molecule has 0 rings (SSSR count). The zero-order valence-electron chi connectivity index (χ0n) is 6.41. The fourth-order valence-electron chi connectivity index (χ4n) is 0.641. The lowest BCUT2D eigenvalue weighted by molar-refractivity contribution is 0.601. The molecule has 0 unspecified atom stereocenters. The molecule has 9 heavy (non-hydrogen) atoms. The van der Waals surface area contributed by atoms with Crippen LogP contribution in [0.3, 0.4) is 0 Å². The van der Waals surface area contributed by atoms with E-state index in [0.29, 0.717) is 0 Å². The molecular formula is C6H15ClOSi. The standard InChI is InChI=1S/C6H15ClOSi/c1-4-5-6-9(2,3)8-7/h4-6H2,1-3H3. The molecule has 0 atom stereocenters. The first kappa shape index (κ1) is 9.47. The van der Waals surface area contributed by atoms with Gasteiger partial charge >= 0.3 is 0 Å². The van der Waals surface area contributed by atoms with E-state index in [1.165, 1.54) is 18.9 Å². The lowest BCUT2D eigenvalue weighted by atomic mass is 10.4. The molecule has 0 aliphatic carbocycles. The first-order chi connectivity index (χ1) is 4.12. The lowest BCUT2D eigenvalue weighted by Crippen LogP contribution is -2.25. The molecule has 0 saturated heterocycles. The molecule has 1 nitrogen and oxygen atoms in total. The van der Waals surface area contributed by atoms with Crippen molar-refractivity contribution in [3.8, 4) is 0 Å². The predicted molar refractivity (Wildman–Crippen MR) is 44.1 cm³/mol. The van der Waals surface area contributed by atoms with Crippen molar-refractivity contribution in [1.82, 2.24) is 0 Å². The fourth-order valence-corrected chi connectivity index (χ4v) is 2.15. The van der Waals surface area contributed by atoms with Crippen LogP contribution < -0.4 is 0 Å². The van der Waals surface area contributed by atoms with Crippen LogP contribution in [0.25, 0.3) is 0 Å². The summed E-state index contributed by atoms with van der Waals surface area (Å²) in [6, 6.07) is 1.17. The summed E-state index contributed by atoms with van der Waals surface area (Å²) in [6.07, 6.45) is 2.47. The van der Waals surface area contributed by atoms with Gasteiger partial charge in [-0.15, -0.1) is 0 Å². The second-order valence-corrected chi connectivity index (χ2v) is 7.58. The summed E-state index contributed by atoms with van der Waals surface area (Å²) in [6.45, 7) is 6.45. The smallest absolute Gasteiger partial charge is 0.214 e. The Bertz CT molecular complexity index is 75.5. The Labute approximate surface area is 63.7 Å². The van der Waals surface area contributed by atoms with E-state index in [4.69, 9.17) is 15.8 Å². The Morgan fingerprint density at radius 2 is 2.00 bits per heavy atom. The molecule has 0 aromatic rings. The number of unbranched alkanes of at least 4 members (excludes halogenated alkanes) is 1. The Kier molecular flexibility index (Phi) is 4.53. The Balaban J connectivity index is 3.33. The van der Waals surface area contributed by atoms with Gasteiger partial charge in [0.25, 0.3) is 0 Å². The van der Waals surface area contributed by atoms with Gasteiger partial charge in [-0.3, -0.25) is 0 Å². The molecule has 56 valence electrons. The van der Waals surface area contributed by atoms with Crippen molar-refractivity contribution in [2.45, 2.75) is 38.9 Å². The average Bonchev–Trinajstić information content (AvgIpc) is 1.84. The second-order valence-electron chi connectivity index (χ2n) is 2.94. The van der Waals surface area contributed by atoms with Crippen LogP contribution in [0.2, 0.25) is 19.1 Å². The van der Waals surface area contributed by atoms with Gasteiger partial charge in [0.15, 0.2) is 0 Å². The van der Waals surface area contributed by atoms with Crippen molar-refractivity contribution in [2.24, 2.45) is 0 Å². The Morgan fingerprint density at radius 3 is 2.33 bits per heavy atom. The molecule has 0 radical (unpaired) electrons. The van der Waals surface area contributed by atoms with Gasteiger partial charge in [0, 0.05) is 11.9 Å². The van der Waals surface area contributed by atoms with Crippen LogP contribution in [0, 0.1) is 0 Å². The average molecular weight is 167 g/mol. The van der Waals surface area contributed by atoms with Crippen molar-refractivity contribution in [3.63, 3.8) is 0 Å². The third kappa shape index (κ3) is 4.94. The highest BCUT2D eigenvalue weighted by molar-refractivity contribution is 6.74. The van der Waals surface area contributed by atoms with Gasteiger partial charge in [0.1, 0.15) is 0 Å². The van der Waals surface area contributed by atoms with Gasteiger partial charge in [0.05, 0.1) is 0 Å². The maximum absolute atomic E-state index is 5.29. The third-order valence-corrected chi connectivity index (χ3v) is 4.57. The normalized spacial score (nSPS) is 12.0. The van der Waals surface area contributed by atoms with E-state index < -0.39 is 8.32 Å². The summed E-state index contributed by atoms with van der Waals surface area (Å²) < 4.78 is 4.85. The molecule has 0 amide bonds. The van der Waals surface area contributed by atoms with E-state index >= 15 is 0 Å². The van der Waals surface area contributed by atoms with E-state index in [1.807, 2.05) is 0 Å². The fraction of sp³-hybridized carbons (Fsp3) is 1.00. The highest BCUT2D eigenvalue weighted by atomic mass is 35.5. The van der Waals surface area contributed by atoms with Crippen molar-refractivity contribution < 1.29 is 3.98 Å². The van der Waals surface area contributed by atoms with E-state index in [-0.39, 0.29) is 0 Å². The van der Waals surface area contributed by atoms with Crippen molar-refractivity contribution in [3.05, 3.63) is 0 Å². The molecule has 0 aliphatic rings. The Morgan fingerprint density at radius 1 is 1.44 bits per heavy atom. The summed E-state index contributed by atoms with van der Waals surface area (Å²) >= 11 is 5.29. The van der Waals surface area contributed by atoms with Crippen molar-refractivity contribution in [2.75, 3.05) is 0 Å². The van der Waals surface area contributed by atoms with Gasteiger partial charge in [0.2, 0.25) is 8.32 Å². The first-order valence-electron chi connectivity index (χ1n) is 3.42. The number of hydrogen-bond donors (Lipinski definition) is 0. The van der Waals surface area contributed by atoms with Gasteiger partial charge < -0.3 is 3.98 Å². The van der Waals surface area contributed by atoms with Crippen LogP contribution >= 0.6 is 11.9 Å². The zero-order valence-corrected chi connectivity index (χ0v) is 8.16.